The summed E-state index contributed by atoms with van der Waals surface area (Å²) in [6.45, 7) is 2.25. The number of nitrogens with zero attached hydrogens (tertiary/aromatic N) is 3. The molecule has 2 heterocycles. The smallest absolute Gasteiger partial charge is 0.305 e. The maximum absolute atomic E-state index is 12.2. The summed E-state index contributed by atoms with van der Waals surface area (Å²) in [4.78, 5) is 27.1. The third kappa shape index (κ3) is 7.00. The average Bonchev–Trinajstić information content (AvgIpc) is 3.42. The fraction of sp³-hybridized carbons (Fsp3) is 0.250. The lowest BCUT2D eigenvalue weighted by atomic mass is 9.99. The van der Waals surface area contributed by atoms with Gasteiger partial charge in [0.25, 0.3) is 11.8 Å². The molecule has 0 spiro atoms. The Morgan fingerprint density at radius 2 is 1.73 bits per heavy atom. The highest BCUT2D eigenvalue weighted by molar-refractivity contribution is 5.94. The Morgan fingerprint density at radius 1 is 0.973 bits per heavy atom. The summed E-state index contributed by atoms with van der Waals surface area (Å²) in [6, 6.07) is 20.8. The van der Waals surface area contributed by atoms with Gasteiger partial charge in [-0.3, -0.25) is 14.6 Å². The van der Waals surface area contributed by atoms with Gasteiger partial charge in [0, 0.05) is 29.6 Å². The van der Waals surface area contributed by atoms with Crippen molar-refractivity contribution in [3.05, 3.63) is 84.1 Å². The second kappa shape index (κ2) is 12.4. The molecule has 4 rings (SSSR count). The molecular weight excluding hydrogens is 470 g/mol. The molecule has 0 saturated carbocycles. The molecule has 2 aromatic carbocycles. The first kappa shape index (κ1) is 25.6. The van der Waals surface area contributed by atoms with E-state index in [4.69, 9.17) is 9.52 Å². The molecule has 0 radical (unpaired) electrons. The number of hydrogen-bond acceptors (Lipinski definition) is 7. The van der Waals surface area contributed by atoms with E-state index in [-0.39, 0.29) is 24.9 Å². The predicted molar refractivity (Wildman–Crippen MR) is 140 cm³/mol. The molecule has 0 saturated heterocycles. The summed E-state index contributed by atoms with van der Waals surface area (Å²) in [7, 11) is 0. The Kier molecular flexibility index (Phi) is 8.59. The molecule has 3 N–H and O–H groups in total. The number of carbonyl (C=O) groups excluding carboxylic acids is 1. The first-order valence-electron chi connectivity index (χ1n) is 12.3. The zero-order valence-corrected chi connectivity index (χ0v) is 20.6. The standard InChI is InChI=1S/C28H29N5O4/c1-2-3-6-23(31-22-14-12-20(13-15-22)26(36)30-18-16-25(34)35)19-8-10-21(11-9-19)27-32-33-28(37-27)24-7-4-5-17-29-24/h4-5,7-15,17,23,31H,2-3,6,16,18H2,1H3,(H,30,36)(H,34,35)/t23-/m1/s1. The lowest BCUT2D eigenvalue weighted by Gasteiger charge is -2.21. The largest absolute Gasteiger partial charge is 0.481 e. The summed E-state index contributed by atoms with van der Waals surface area (Å²) in [5, 5.41) is 23.2. The molecule has 0 unspecified atom stereocenters. The fourth-order valence-electron chi connectivity index (χ4n) is 3.83. The van der Waals surface area contributed by atoms with Gasteiger partial charge in [-0.15, -0.1) is 10.2 Å². The van der Waals surface area contributed by atoms with Gasteiger partial charge in [-0.2, -0.15) is 0 Å². The first-order valence-corrected chi connectivity index (χ1v) is 12.3. The lowest BCUT2D eigenvalue weighted by Crippen LogP contribution is -2.25. The number of hydrogen-bond donors (Lipinski definition) is 3. The van der Waals surface area contributed by atoms with Gasteiger partial charge in [0.2, 0.25) is 5.89 Å². The molecule has 0 fully saturated rings. The number of aromatic nitrogens is 3. The van der Waals surface area contributed by atoms with Crippen LogP contribution in [-0.4, -0.2) is 38.7 Å². The van der Waals surface area contributed by atoms with Crippen LogP contribution in [0.2, 0.25) is 0 Å². The predicted octanol–water partition coefficient (Wildman–Crippen LogP) is 5.35. The normalized spacial score (nSPS) is 11.6. The number of rotatable bonds is 12. The number of carboxylic acids is 1. The van der Waals surface area contributed by atoms with Crippen molar-refractivity contribution in [3.8, 4) is 23.0 Å². The molecule has 1 amide bonds. The van der Waals surface area contributed by atoms with Crippen molar-refractivity contribution in [2.75, 3.05) is 11.9 Å². The van der Waals surface area contributed by atoms with Crippen molar-refractivity contribution < 1.29 is 19.1 Å². The van der Waals surface area contributed by atoms with E-state index < -0.39 is 5.97 Å². The van der Waals surface area contributed by atoms with Gasteiger partial charge in [0.15, 0.2) is 0 Å². The van der Waals surface area contributed by atoms with E-state index in [1.54, 1.807) is 18.3 Å². The van der Waals surface area contributed by atoms with Crippen molar-refractivity contribution in [2.45, 2.75) is 38.6 Å². The quantitative estimate of drug-likeness (QED) is 0.238. The maximum atomic E-state index is 12.2. The van der Waals surface area contributed by atoms with Crippen LogP contribution in [0.4, 0.5) is 5.69 Å². The van der Waals surface area contributed by atoms with Crippen LogP contribution >= 0.6 is 0 Å². The number of benzene rings is 2. The zero-order chi connectivity index (χ0) is 26.0. The Hall–Kier alpha value is -4.53. The second-order valence-corrected chi connectivity index (χ2v) is 8.57. The van der Waals surface area contributed by atoms with E-state index in [0.29, 0.717) is 23.0 Å². The average molecular weight is 500 g/mol. The summed E-state index contributed by atoms with van der Waals surface area (Å²) in [5.74, 6) is -0.431. The molecule has 1 atom stereocenters. The van der Waals surface area contributed by atoms with E-state index in [9.17, 15) is 9.59 Å². The lowest BCUT2D eigenvalue weighted by molar-refractivity contribution is -0.136. The molecule has 9 nitrogen and oxygen atoms in total. The number of pyridine rings is 1. The van der Waals surface area contributed by atoms with Crippen LogP contribution in [0.3, 0.4) is 0 Å². The zero-order valence-electron chi connectivity index (χ0n) is 20.6. The van der Waals surface area contributed by atoms with Crippen LogP contribution in [0.1, 0.15) is 54.6 Å². The van der Waals surface area contributed by atoms with Crippen molar-refractivity contribution in [2.24, 2.45) is 0 Å². The Morgan fingerprint density at radius 3 is 2.41 bits per heavy atom. The molecule has 0 aliphatic heterocycles. The van der Waals surface area contributed by atoms with Crippen LogP contribution in [0.5, 0.6) is 0 Å². The Labute approximate surface area is 215 Å². The highest BCUT2D eigenvalue weighted by Gasteiger charge is 2.15. The van der Waals surface area contributed by atoms with Crippen molar-refractivity contribution in [3.63, 3.8) is 0 Å². The third-order valence-electron chi connectivity index (χ3n) is 5.83. The van der Waals surface area contributed by atoms with E-state index >= 15 is 0 Å². The minimum Gasteiger partial charge on any atom is -0.481 e. The van der Waals surface area contributed by atoms with Gasteiger partial charge in [-0.1, -0.05) is 38.0 Å². The van der Waals surface area contributed by atoms with E-state index in [0.717, 1.165) is 36.1 Å². The molecule has 0 aliphatic rings. The van der Waals surface area contributed by atoms with Gasteiger partial charge in [-0.25, -0.2) is 0 Å². The molecule has 9 heteroatoms. The summed E-state index contributed by atoms with van der Waals surface area (Å²) < 4.78 is 5.82. The van der Waals surface area contributed by atoms with E-state index in [1.807, 2.05) is 42.5 Å². The molecule has 4 aromatic rings. The number of carbonyl (C=O) groups is 2. The summed E-state index contributed by atoms with van der Waals surface area (Å²) in [6.07, 6.45) is 4.64. The van der Waals surface area contributed by atoms with Crippen LogP contribution in [0.15, 0.2) is 77.3 Å². The minimum atomic E-state index is -0.947. The Bertz CT molecular complexity index is 1300. The van der Waals surface area contributed by atoms with Crippen LogP contribution < -0.4 is 10.6 Å². The Balaban J connectivity index is 1.43. The van der Waals surface area contributed by atoms with Gasteiger partial charge in [0.1, 0.15) is 5.69 Å². The van der Waals surface area contributed by atoms with Gasteiger partial charge in [-0.05, 0) is 60.5 Å². The van der Waals surface area contributed by atoms with Crippen LogP contribution in [0.25, 0.3) is 23.0 Å². The van der Waals surface area contributed by atoms with Gasteiger partial charge in [0.05, 0.1) is 12.5 Å². The third-order valence-corrected chi connectivity index (χ3v) is 5.83. The topological polar surface area (TPSA) is 130 Å². The molecule has 190 valence electrons. The van der Waals surface area contributed by atoms with Gasteiger partial charge >= 0.3 is 5.97 Å². The minimum absolute atomic E-state index is 0.0796. The number of nitrogens with one attached hydrogen (secondary N) is 2. The fourth-order valence-corrected chi connectivity index (χ4v) is 3.83. The monoisotopic (exact) mass is 499 g/mol. The van der Waals surface area contributed by atoms with Crippen molar-refractivity contribution >= 4 is 17.6 Å². The molecular formula is C28H29N5O4. The number of amides is 1. The first-order chi connectivity index (χ1) is 18.0. The maximum Gasteiger partial charge on any atom is 0.305 e. The highest BCUT2D eigenvalue weighted by Crippen LogP contribution is 2.28. The highest BCUT2D eigenvalue weighted by atomic mass is 16.4. The molecule has 0 aliphatic carbocycles. The molecule has 0 bridgehead atoms. The van der Waals surface area contributed by atoms with Crippen LogP contribution in [-0.2, 0) is 4.79 Å². The van der Waals surface area contributed by atoms with E-state index in [1.165, 1.54) is 0 Å². The summed E-state index contributed by atoms with van der Waals surface area (Å²) in [5.41, 5.74) is 3.95. The number of anilines is 1. The number of unbranched alkanes of at least 4 members (excludes halogenated alkanes) is 1. The van der Waals surface area contributed by atoms with Crippen LogP contribution in [0, 0.1) is 0 Å². The molecule has 37 heavy (non-hydrogen) atoms. The number of aliphatic carboxylic acids is 1. The summed E-state index contributed by atoms with van der Waals surface area (Å²) >= 11 is 0. The second-order valence-electron chi connectivity index (χ2n) is 8.57. The number of carboxylic acid groups (broad SMARTS) is 1. The SMILES string of the molecule is CCCC[C@@H](Nc1ccc(C(=O)NCCC(=O)O)cc1)c1ccc(-c2nnc(-c3ccccn3)o2)cc1. The van der Waals surface area contributed by atoms with Crippen molar-refractivity contribution in [1.82, 2.24) is 20.5 Å². The molecule has 2 aromatic heterocycles. The van der Waals surface area contributed by atoms with Gasteiger partial charge < -0.3 is 20.2 Å². The van der Waals surface area contributed by atoms with Crippen molar-refractivity contribution in [1.29, 1.82) is 0 Å². The van der Waals surface area contributed by atoms with E-state index in [2.05, 4.69) is 44.9 Å².